The molecule has 1 N–H and O–H groups in total. The van der Waals surface area contributed by atoms with Crippen molar-refractivity contribution < 1.29 is 14.6 Å². The van der Waals surface area contributed by atoms with Crippen molar-refractivity contribution in [3.8, 4) is 28.1 Å². The van der Waals surface area contributed by atoms with Crippen LogP contribution in [0.15, 0.2) is 47.4 Å². The van der Waals surface area contributed by atoms with Gasteiger partial charge in [0.05, 0.1) is 12.3 Å². The zero-order valence-electron chi connectivity index (χ0n) is 16.4. The first-order valence-corrected chi connectivity index (χ1v) is 9.83. The summed E-state index contributed by atoms with van der Waals surface area (Å²) in [6.07, 6.45) is 3.12. The zero-order chi connectivity index (χ0) is 20.3. The van der Waals surface area contributed by atoms with Crippen LogP contribution in [0, 0.1) is 6.92 Å². The Morgan fingerprint density at radius 2 is 1.93 bits per heavy atom. The highest BCUT2D eigenvalue weighted by Gasteiger charge is 2.31. The van der Waals surface area contributed by atoms with E-state index in [4.69, 9.17) is 4.74 Å². The van der Waals surface area contributed by atoms with Crippen molar-refractivity contribution in [2.24, 2.45) is 0 Å². The van der Waals surface area contributed by atoms with Gasteiger partial charge in [-0.2, -0.15) is 0 Å². The molecule has 3 aromatic rings. The first-order valence-electron chi connectivity index (χ1n) is 9.83. The molecule has 5 nitrogen and oxygen atoms in total. The zero-order valence-corrected chi connectivity index (χ0v) is 16.4. The van der Waals surface area contributed by atoms with Crippen LogP contribution in [0.2, 0.25) is 0 Å². The fraction of sp³-hybridized carbons (Fsp3) is 0.250. The number of aromatic carboxylic acids is 1. The summed E-state index contributed by atoms with van der Waals surface area (Å²) in [5.41, 5.74) is 6.86. The second kappa shape index (κ2) is 6.34. The molecule has 2 aliphatic rings. The van der Waals surface area contributed by atoms with Crippen LogP contribution in [0.3, 0.4) is 0 Å². The van der Waals surface area contributed by atoms with Crippen molar-refractivity contribution in [3.05, 3.63) is 75.1 Å². The first-order chi connectivity index (χ1) is 14.0. The van der Waals surface area contributed by atoms with Gasteiger partial charge in [-0.15, -0.1) is 0 Å². The quantitative estimate of drug-likeness (QED) is 0.714. The number of carbonyl (C=O) groups is 1. The third-order valence-electron chi connectivity index (χ3n) is 6.09. The number of carboxylic acid groups (broad SMARTS) is 1. The number of fused-ring (bicyclic) bond motifs is 5. The lowest BCUT2D eigenvalue weighted by molar-refractivity contribution is 0.0694. The fourth-order valence-corrected chi connectivity index (χ4v) is 4.67. The molecule has 3 heterocycles. The second-order valence-electron chi connectivity index (χ2n) is 7.87. The van der Waals surface area contributed by atoms with Crippen LogP contribution >= 0.6 is 0 Å². The van der Waals surface area contributed by atoms with Crippen LogP contribution < -0.4 is 10.2 Å². The summed E-state index contributed by atoms with van der Waals surface area (Å²) in [4.78, 5) is 23.9. The molecule has 0 aliphatic carbocycles. The van der Waals surface area contributed by atoms with Crippen LogP contribution in [-0.4, -0.2) is 22.2 Å². The Kier molecular flexibility index (Phi) is 3.88. The van der Waals surface area contributed by atoms with Gasteiger partial charge >= 0.3 is 5.97 Å². The van der Waals surface area contributed by atoms with Crippen LogP contribution in [0.5, 0.6) is 5.75 Å². The monoisotopic (exact) mass is 387 g/mol. The van der Waals surface area contributed by atoms with Gasteiger partial charge in [-0.1, -0.05) is 24.3 Å². The van der Waals surface area contributed by atoms with Crippen molar-refractivity contribution in [2.75, 3.05) is 6.61 Å². The molecular formula is C24H21NO4. The molecule has 0 saturated carbocycles. The van der Waals surface area contributed by atoms with E-state index in [0.29, 0.717) is 6.61 Å². The maximum absolute atomic E-state index is 12.5. The third kappa shape index (κ3) is 2.61. The van der Waals surface area contributed by atoms with Crippen molar-refractivity contribution in [3.63, 3.8) is 0 Å². The molecule has 29 heavy (non-hydrogen) atoms. The van der Waals surface area contributed by atoms with E-state index >= 15 is 0 Å². The number of carboxylic acids is 1. The van der Waals surface area contributed by atoms with Gasteiger partial charge in [0, 0.05) is 41.4 Å². The number of hydrogen-bond donors (Lipinski definition) is 1. The molecular weight excluding hydrogens is 366 g/mol. The summed E-state index contributed by atoms with van der Waals surface area (Å²) >= 11 is 0. The Balaban J connectivity index is 1.83. The number of hydrogen-bond acceptors (Lipinski definition) is 3. The summed E-state index contributed by atoms with van der Waals surface area (Å²) in [5.74, 6) is -0.241. The molecule has 0 saturated heterocycles. The van der Waals surface area contributed by atoms with Gasteiger partial charge in [0.2, 0.25) is 0 Å². The lowest BCUT2D eigenvalue weighted by Gasteiger charge is -2.30. The summed E-state index contributed by atoms with van der Waals surface area (Å²) in [6.45, 7) is 4.79. The minimum Gasteiger partial charge on any atom is -0.492 e. The average molecular weight is 387 g/mol. The lowest BCUT2D eigenvalue weighted by Crippen LogP contribution is -2.24. The third-order valence-corrected chi connectivity index (χ3v) is 6.09. The molecule has 0 unspecified atom stereocenters. The highest BCUT2D eigenvalue weighted by atomic mass is 16.5. The lowest BCUT2D eigenvalue weighted by atomic mass is 9.84. The molecule has 2 aliphatic heterocycles. The van der Waals surface area contributed by atoms with E-state index < -0.39 is 11.4 Å². The van der Waals surface area contributed by atoms with E-state index in [1.54, 1.807) is 0 Å². The van der Waals surface area contributed by atoms with E-state index in [1.807, 2.05) is 16.7 Å². The topological polar surface area (TPSA) is 68.5 Å². The number of ether oxygens (including phenoxy) is 1. The Morgan fingerprint density at radius 1 is 1.14 bits per heavy atom. The summed E-state index contributed by atoms with van der Waals surface area (Å²) < 4.78 is 7.98. The molecule has 5 rings (SSSR count). The highest BCUT2D eigenvalue weighted by molar-refractivity contribution is 5.88. The number of pyridine rings is 1. The van der Waals surface area contributed by atoms with Crippen LogP contribution in [0.4, 0.5) is 0 Å². The summed E-state index contributed by atoms with van der Waals surface area (Å²) in [5, 5.41) is 9.37. The number of aromatic nitrogens is 1. The van der Waals surface area contributed by atoms with Crippen molar-refractivity contribution >= 4 is 5.97 Å². The Labute approximate surface area is 168 Å². The van der Waals surface area contributed by atoms with Gasteiger partial charge in [0.25, 0.3) is 0 Å². The SMILES string of the molecule is Cc1ccccc1-c1cc2c(c3c1OCC3)C[C@@H](C)n1cc(C(=O)O)c(=O)cc1-2. The smallest absolute Gasteiger partial charge is 0.341 e. The van der Waals surface area contributed by atoms with Gasteiger partial charge in [-0.25, -0.2) is 4.79 Å². The van der Waals surface area contributed by atoms with Gasteiger partial charge in [-0.3, -0.25) is 4.79 Å². The Bertz CT molecular complexity index is 1240. The fourth-order valence-electron chi connectivity index (χ4n) is 4.67. The molecule has 5 heteroatoms. The number of aryl methyl sites for hydroxylation is 1. The highest BCUT2D eigenvalue weighted by Crippen LogP contribution is 2.47. The molecule has 146 valence electrons. The van der Waals surface area contributed by atoms with E-state index in [0.717, 1.165) is 46.5 Å². The Morgan fingerprint density at radius 3 is 2.69 bits per heavy atom. The van der Waals surface area contributed by atoms with Crippen molar-refractivity contribution in [1.29, 1.82) is 0 Å². The van der Waals surface area contributed by atoms with Crippen molar-refractivity contribution in [1.82, 2.24) is 4.57 Å². The number of rotatable bonds is 2. The van der Waals surface area contributed by atoms with E-state index in [-0.39, 0.29) is 11.6 Å². The summed E-state index contributed by atoms with van der Waals surface area (Å²) in [6, 6.07) is 11.8. The number of benzene rings is 2. The van der Waals surface area contributed by atoms with E-state index in [9.17, 15) is 14.7 Å². The molecule has 0 fully saturated rings. The molecule has 0 spiro atoms. The second-order valence-corrected chi connectivity index (χ2v) is 7.87. The van der Waals surface area contributed by atoms with Crippen LogP contribution in [0.1, 0.15) is 40.0 Å². The van der Waals surface area contributed by atoms with Crippen LogP contribution in [0.25, 0.3) is 22.4 Å². The Hall–Kier alpha value is -3.34. The standard InChI is InChI=1S/C24H21NO4/c1-13-5-3-4-6-15(13)19-10-18-17(16-7-8-29-23(16)19)9-14(2)25-12-20(24(27)28)22(26)11-21(18)25/h3-6,10-12,14H,7-9H2,1-2H3,(H,27,28)/t14-/m1/s1. The minimum absolute atomic E-state index is 0.0604. The van der Waals surface area contributed by atoms with Gasteiger partial charge in [-0.05, 0) is 43.0 Å². The average Bonchev–Trinajstić information content (AvgIpc) is 3.18. The maximum Gasteiger partial charge on any atom is 0.341 e. The molecule has 0 bridgehead atoms. The normalized spacial score (nSPS) is 16.6. The maximum atomic E-state index is 12.5. The molecule has 1 atom stereocenters. The van der Waals surface area contributed by atoms with Gasteiger partial charge in [0.15, 0.2) is 5.43 Å². The van der Waals surface area contributed by atoms with Gasteiger partial charge in [0.1, 0.15) is 11.3 Å². The van der Waals surface area contributed by atoms with Crippen molar-refractivity contribution in [2.45, 2.75) is 32.7 Å². The predicted octanol–water partition coefficient (Wildman–Crippen LogP) is 4.24. The molecule has 1 aromatic heterocycles. The van der Waals surface area contributed by atoms with Crippen LogP contribution in [-0.2, 0) is 12.8 Å². The molecule has 2 aromatic carbocycles. The minimum atomic E-state index is -1.19. The number of nitrogens with zero attached hydrogens (tertiary/aromatic N) is 1. The van der Waals surface area contributed by atoms with Gasteiger partial charge < -0.3 is 14.4 Å². The van der Waals surface area contributed by atoms with E-state index in [1.165, 1.54) is 23.4 Å². The molecule has 0 radical (unpaired) electrons. The first kappa shape index (κ1) is 17.7. The van der Waals surface area contributed by atoms with E-state index in [2.05, 4.69) is 32.0 Å². The largest absolute Gasteiger partial charge is 0.492 e. The predicted molar refractivity (Wildman–Crippen MR) is 111 cm³/mol. The summed E-state index contributed by atoms with van der Waals surface area (Å²) in [7, 11) is 0. The molecule has 0 amide bonds.